The SMILES string of the molecule is O=C(O)c1cccc(C2=C(c3cc(C(F)(F)F)ccc3OCc3ccc(F)cc3)CCCC2)n1. The second kappa shape index (κ2) is 9.67. The molecule has 0 fully saturated rings. The number of carboxylic acid groups (broad SMARTS) is 1. The molecule has 4 rings (SSSR count). The lowest BCUT2D eigenvalue weighted by Gasteiger charge is -2.23. The topological polar surface area (TPSA) is 59.4 Å². The normalized spacial score (nSPS) is 14.2. The van der Waals surface area contributed by atoms with Gasteiger partial charge in [0.1, 0.15) is 23.9 Å². The molecular formula is C26H21F4NO3. The lowest BCUT2D eigenvalue weighted by atomic mass is 9.84. The van der Waals surface area contributed by atoms with E-state index in [0.717, 1.165) is 25.0 Å². The van der Waals surface area contributed by atoms with Crippen LogP contribution in [-0.2, 0) is 12.8 Å². The smallest absolute Gasteiger partial charge is 0.416 e. The highest BCUT2D eigenvalue weighted by molar-refractivity contribution is 5.93. The largest absolute Gasteiger partial charge is 0.488 e. The molecule has 0 amide bonds. The van der Waals surface area contributed by atoms with Crippen molar-refractivity contribution in [2.24, 2.45) is 0 Å². The number of benzene rings is 2. The Kier molecular flexibility index (Phi) is 6.68. The number of hydrogen-bond donors (Lipinski definition) is 1. The molecule has 8 heteroatoms. The molecule has 3 aromatic rings. The maximum absolute atomic E-state index is 13.5. The van der Waals surface area contributed by atoms with Gasteiger partial charge in [0.05, 0.1) is 11.3 Å². The van der Waals surface area contributed by atoms with Gasteiger partial charge in [-0.2, -0.15) is 13.2 Å². The zero-order valence-electron chi connectivity index (χ0n) is 18.0. The van der Waals surface area contributed by atoms with Crippen molar-refractivity contribution in [1.82, 2.24) is 4.98 Å². The van der Waals surface area contributed by atoms with Gasteiger partial charge in [0.25, 0.3) is 0 Å². The molecule has 1 aliphatic carbocycles. The molecule has 0 spiro atoms. The summed E-state index contributed by atoms with van der Waals surface area (Å²) in [6.07, 6.45) is -1.91. The van der Waals surface area contributed by atoms with Crippen LogP contribution >= 0.6 is 0 Å². The molecule has 1 aliphatic rings. The summed E-state index contributed by atoms with van der Waals surface area (Å²) < 4.78 is 59.7. The minimum Gasteiger partial charge on any atom is -0.488 e. The van der Waals surface area contributed by atoms with Crippen molar-refractivity contribution in [2.75, 3.05) is 0 Å². The highest BCUT2D eigenvalue weighted by Gasteiger charge is 2.32. The molecule has 34 heavy (non-hydrogen) atoms. The van der Waals surface area contributed by atoms with Gasteiger partial charge in [-0.05, 0) is 84.9 Å². The highest BCUT2D eigenvalue weighted by atomic mass is 19.4. The van der Waals surface area contributed by atoms with Crippen LogP contribution in [0.5, 0.6) is 5.75 Å². The van der Waals surface area contributed by atoms with Gasteiger partial charge in [-0.3, -0.25) is 0 Å². The first-order valence-electron chi connectivity index (χ1n) is 10.7. The molecule has 0 saturated heterocycles. The maximum Gasteiger partial charge on any atom is 0.416 e. The minimum atomic E-state index is -4.54. The van der Waals surface area contributed by atoms with Gasteiger partial charge < -0.3 is 9.84 Å². The van der Waals surface area contributed by atoms with E-state index in [9.17, 15) is 27.5 Å². The monoisotopic (exact) mass is 471 g/mol. The van der Waals surface area contributed by atoms with E-state index in [1.807, 2.05) is 0 Å². The van der Waals surface area contributed by atoms with E-state index >= 15 is 0 Å². The Labute approximate surface area is 193 Å². The number of carboxylic acids is 1. The Morgan fingerprint density at radius 1 is 0.971 bits per heavy atom. The molecule has 2 aromatic carbocycles. The zero-order chi connectivity index (χ0) is 24.3. The summed E-state index contributed by atoms with van der Waals surface area (Å²) in [6, 6.07) is 13.6. The molecule has 1 heterocycles. The summed E-state index contributed by atoms with van der Waals surface area (Å²) >= 11 is 0. The Morgan fingerprint density at radius 2 is 1.68 bits per heavy atom. The van der Waals surface area contributed by atoms with Crippen molar-refractivity contribution >= 4 is 17.1 Å². The summed E-state index contributed by atoms with van der Waals surface area (Å²) in [5, 5.41) is 9.31. The van der Waals surface area contributed by atoms with E-state index in [4.69, 9.17) is 4.74 Å². The van der Waals surface area contributed by atoms with Gasteiger partial charge in [0.2, 0.25) is 0 Å². The van der Waals surface area contributed by atoms with Gasteiger partial charge in [-0.1, -0.05) is 18.2 Å². The molecule has 0 bridgehead atoms. The standard InChI is InChI=1S/C26H21F4NO3/c27-18-11-8-16(9-12-18)15-34-24-13-10-17(26(28,29)30)14-21(24)19-4-1-2-5-20(19)22-6-3-7-23(31-22)25(32)33/h3,6-14H,1-2,4-5,15H2,(H,32,33). The van der Waals surface area contributed by atoms with Crippen molar-refractivity contribution in [2.45, 2.75) is 38.5 Å². The number of allylic oxidation sites excluding steroid dienone is 2. The van der Waals surface area contributed by atoms with Crippen LogP contribution in [0.25, 0.3) is 11.1 Å². The van der Waals surface area contributed by atoms with E-state index in [0.29, 0.717) is 40.8 Å². The summed E-state index contributed by atoms with van der Waals surface area (Å²) in [5.41, 5.74) is 1.82. The number of pyridine rings is 1. The van der Waals surface area contributed by atoms with E-state index < -0.39 is 23.5 Å². The molecule has 176 valence electrons. The number of carbonyl (C=O) groups is 1. The molecule has 0 radical (unpaired) electrons. The molecule has 1 aromatic heterocycles. The number of alkyl halides is 3. The second-order valence-electron chi connectivity index (χ2n) is 8.00. The quantitative estimate of drug-likeness (QED) is 0.393. The van der Waals surface area contributed by atoms with Gasteiger partial charge in [0.15, 0.2) is 0 Å². The maximum atomic E-state index is 13.5. The predicted molar refractivity (Wildman–Crippen MR) is 119 cm³/mol. The molecule has 0 saturated carbocycles. The number of ether oxygens (including phenoxy) is 1. The Balaban J connectivity index is 1.80. The summed E-state index contributed by atoms with van der Waals surface area (Å²) in [5.74, 6) is -1.31. The predicted octanol–water partition coefficient (Wildman–Crippen LogP) is 7.00. The van der Waals surface area contributed by atoms with Gasteiger partial charge in [-0.25, -0.2) is 14.2 Å². The molecule has 4 nitrogen and oxygen atoms in total. The Hall–Kier alpha value is -3.68. The molecule has 0 unspecified atom stereocenters. The van der Waals surface area contributed by atoms with Crippen LogP contribution < -0.4 is 4.74 Å². The van der Waals surface area contributed by atoms with Crippen LogP contribution in [0, 0.1) is 5.82 Å². The third-order valence-corrected chi connectivity index (χ3v) is 5.68. The molecular weight excluding hydrogens is 450 g/mol. The van der Waals surface area contributed by atoms with Crippen LogP contribution in [-0.4, -0.2) is 16.1 Å². The molecule has 0 aliphatic heterocycles. The van der Waals surface area contributed by atoms with Crippen LogP contribution in [0.1, 0.15) is 58.6 Å². The zero-order valence-corrected chi connectivity index (χ0v) is 18.0. The van der Waals surface area contributed by atoms with Crippen molar-refractivity contribution in [1.29, 1.82) is 0 Å². The Morgan fingerprint density at radius 3 is 2.35 bits per heavy atom. The van der Waals surface area contributed by atoms with E-state index in [1.54, 1.807) is 24.3 Å². The number of halogens is 4. The summed E-state index contributed by atoms with van der Waals surface area (Å²) in [7, 11) is 0. The third-order valence-electron chi connectivity index (χ3n) is 5.68. The second-order valence-corrected chi connectivity index (χ2v) is 8.00. The minimum absolute atomic E-state index is 0.0496. The van der Waals surface area contributed by atoms with Crippen LogP contribution in [0.4, 0.5) is 17.6 Å². The van der Waals surface area contributed by atoms with E-state index in [-0.39, 0.29) is 18.1 Å². The average molecular weight is 471 g/mol. The van der Waals surface area contributed by atoms with Gasteiger partial charge in [-0.15, -0.1) is 0 Å². The van der Waals surface area contributed by atoms with Crippen molar-refractivity contribution < 1.29 is 32.2 Å². The van der Waals surface area contributed by atoms with E-state index in [2.05, 4.69) is 4.98 Å². The number of aromatic nitrogens is 1. The van der Waals surface area contributed by atoms with Crippen molar-refractivity contribution in [3.05, 3.63) is 94.6 Å². The molecule has 1 N–H and O–H groups in total. The number of rotatable bonds is 6. The third kappa shape index (κ3) is 5.27. The average Bonchev–Trinajstić information content (AvgIpc) is 2.83. The summed E-state index contributed by atoms with van der Waals surface area (Å²) in [4.78, 5) is 15.6. The highest BCUT2D eigenvalue weighted by Crippen LogP contribution is 2.43. The Bertz CT molecular complexity index is 1230. The van der Waals surface area contributed by atoms with Crippen molar-refractivity contribution in [3.63, 3.8) is 0 Å². The first-order chi connectivity index (χ1) is 16.2. The lowest BCUT2D eigenvalue weighted by molar-refractivity contribution is -0.137. The lowest BCUT2D eigenvalue weighted by Crippen LogP contribution is -2.09. The van der Waals surface area contributed by atoms with Crippen LogP contribution in [0.3, 0.4) is 0 Å². The van der Waals surface area contributed by atoms with E-state index in [1.165, 1.54) is 24.3 Å². The number of aromatic carboxylic acids is 1. The fraction of sp³-hybridized carbons (Fsp3) is 0.231. The van der Waals surface area contributed by atoms with Crippen LogP contribution in [0.15, 0.2) is 60.7 Å². The van der Waals surface area contributed by atoms with Crippen molar-refractivity contribution in [3.8, 4) is 5.75 Å². The fourth-order valence-corrected chi connectivity index (χ4v) is 4.02. The van der Waals surface area contributed by atoms with Gasteiger partial charge in [0, 0.05) is 5.56 Å². The molecule has 0 atom stereocenters. The van der Waals surface area contributed by atoms with Crippen LogP contribution in [0.2, 0.25) is 0 Å². The summed E-state index contributed by atoms with van der Waals surface area (Å²) in [6.45, 7) is 0.0496. The number of hydrogen-bond acceptors (Lipinski definition) is 3. The first-order valence-corrected chi connectivity index (χ1v) is 10.7. The first kappa shape index (κ1) is 23.5. The van der Waals surface area contributed by atoms with Gasteiger partial charge >= 0.3 is 12.1 Å². The fourth-order valence-electron chi connectivity index (χ4n) is 4.02. The number of nitrogens with zero attached hydrogens (tertiary/aromatic N) is 1.